The van der Waals surface area contributed by atoms with E-state index in [-0.39, 0.29) is 0 Å². The molecule has 0 unspecified atom stereocenters. The number of aliphatic imine (C=N–C) groups is 1. The molecule has 0 spiro atoms. The number of ether oxygens (including phenoxy) is 1. The maximum Gasteiger partial charge on any atom is 0.211 e. The highest BCUT2D eigenvalue weighted by Crippen LogP contribution is 2.18. The molecule has 2 saturated heterocycles. The molecule has 26 heavy (non-hydrogen) atoms. The molecule has 2 heterocycles. The van der Waals surface area contributed by atoms with Crippen LogP contribution >= 0.6 is 0 Å². The van der Waals surface area contributed by atoms with Gasteiger partial charge in [-0.3, -0.25) is 4.99 Å². The molecule has 0 aromatic carbocycles. The molecule has 2 aliphatic heterocycles. The van der Waals surface area contributed by atoms with Crippen molar-refractivity contribution in [1.82, 2.24) is 19.8 Å². The van der Waals surface area contributed by atoms with Gasteiger partial charge in [0.05, 0.1) is 12.9 Å². The molecule has 8 nitrogen and oxygen atoms in total. The van der Waals surface area contributed by atoms with Crippen LogP contribution in [0.4, 0.5) is 0 Å². The van der Waals surface area contributed by atoms with Gasteiger partial charge in [0.15, 0.2) is 5.96 Å². The minimum absolute atomic E-state index is 0.451. The summed E-state index contributed by atoms with van der Waals surface area (Å²) in [5, 5.41) is 6.95. The molecule has 0 bridgehead atoms. The number of methoxy groups -OCH3 is 1. The second kappa shape index (κ2) is 10.4. The van der Waals surface area contributed by atoms with E-state index in [0.717, 1.165) is 64.4 Å². The molecule has 2 rings (SSSR count). The van der Waals surface area contributed by atoms with E-state index in [9.17, 15) is 8.42 Å². The largest absolute Gasteiger partial charge is 0.383 e. The van der Waals surface area contributed by atoms with Crippen LogP contribution in [0.3, 0.4) is 0 Å². The Morgan fingerprint density at radius 2 is 1.81 bits per heavy atom. The van der Waals surface area contributed by atoms with Gasteiger partial charge in [-0.05, 0) is 31.6 Å². The van der Waals surface area contributed by atoms with Gasteiger partial charge in [-0.25, -0.2) is 12.7 Å². The Morgan fingerprint density at radius 1 is 1.15 bits per heavy atom. The molecule has 2 aliphatic rings. The van der Waals surface area contributed by atoms with Gasteiger partial charge >= 0.3 is 0 Å². The molecule has 9 heteroatoms. The number of hydrogen-bond acceptors (Lipinski definition) is 5. The lowest BCUT2D eigenvalue weighted by Gasteiger charge is -2.33. The lowest BCUT2D eigenvalue weighted by Crippen LogP contribution is -2.50. The number of guanidine groups is 1. The quantitative estimate of drug-likeness (QED) is 0.468. The van der Waals surface area contributed by atoms with E-state index in [0.29, 0.717) is 25.0 Å². The Morgan fingerprint density at radius 3 is 2.35 bits per heavy atom. The van der Waals surface area contributed by atoms with Crippen LogP contribution in [-0.4, -0.2) is 95.9 Å². The van der Waals surface area contributed by atoms with Gasteiger partial charge in [0.1, 0.15) is 0 Å². The Labute approximate surface area is 158 Å². The first kappa shape index (κ1) is 21.4. The van der Waals surface area contributed by atoms with Crippen molar-refractivity contribution in [3.05, 3.63) is 0 Å². The third-order valence-electron chi connectivity index (χ3n) is 5.36. The number of rotatable bonds is 7. The SMILES string of the molecule is CN=C(NCC1CCN(S(C)(=O)=O)CC1)NC1CCN(CCOC)CC1. The van der Waals surface area contributed by atoms with E-state index < -0.39 is 10.0 Å². The Kier molecular flexibility index (Phi) is 8.59. The van der Waals surface area contributed by atoms with E-state index in [1.807, 2.05) is 0 Å². The van der Waals surface area contributed by atoms with Crippen molar-refractivity contribution in [2.45, 2.75) is 31.7 Å². The summed E-state index contributed by atoms with van der Waals surface area (Å²) in [7, 11) is 0.496. The number of sulfonamides is 1. The summed E-state index contributed by atoms with van der Waals surface area (Å²) >= 11 is 0. The standard InChI is InChI=1S/C17H35N5O3S/c1-18-17(20-16-6-8-21(9-7-16)12-13-25-2)19-14-15-4-10-22(11-5-15)26(3,23)24/h15-16H,4-14H2,1-3H3,(H2,18,19,20). The number of nitrogens with zero attached hydrogens (tertiary/aromatic N) is 3. The highest BCUT2D eigenvalue weighted by Gasteiger charge is 2.25. The molecule has 0 atom stereocenters. The maximum absolute atomic E-state index is 11.6. The topological polar surface area (TPSA) is 86.3 Å². The molecule has 152 valence electrons. The molecule has 2 N–H and O–H groups in total. The third kappa shape index (κ3) is 7.02. The van der Waals surface area contributed by atoms with Crippen LogP contribution < -0.4 is 10.6 Å². The van der Waals surface area contributed by atoms with E-state index in [1.165, 1.54) is 6.26 Å². The van der Waals surface area contributed by atoms with Crippen LogP contribution in [0.5, 0.6) is 0 Å². The first-order valence-electron chi connectivity index (χ1n) is 9.56. The minimum atomic E-state index is -3.05. The zero-order valence-electron chi connectivity index (χ0n) is 16.4. The summed E-state index contributed by atoms with van der Waals surface area (Å²) < 4.78 is 29.9. The molecule has 0 saturated carbocycles. The number of piperidine rings is 2. The average molecular weight is 390 g/mol. The molecule has 0 radical (unpaired) electrons. The molecule has 0 aromatic rings. The smallest absolute Gasteiger partial charge is 0.211 e. The molecule has 0 amide bonds. The fourth-order valence-corrected chi connectivity index (χ4v) is 4.47. The van der Waals surface area contributed by atoms with Gasteiger partial charge < -0.3 is 20.3 Å². The Hall–Kier alpha value is -0.900. The van der Waals surface area contributed by atoms with Crippen LogP contribution in [-0.2, 0) is 14.8 Å². The van der Waals surface area contributed by atoms with E-state index in [4.69, 9.17) is 4.74 Å². The van der Waals surface area contributed by atoms with Crippen LogP contribution in [0.25, 0.3) is 0 Å². The minimum Gasteiger partial charge on any atom is -0.383 e. The predicted octanol–water partition coefficient (Wildman–Crippen LogP) is -0.0662. The maximum atomic E-state index is 11.6. The van der Waals surface area contributed by atoms with Crippen LogP contribution in [0.15, 0.2) is 4.99 Å². The van der Waals surface area contributed by atoms with Crippen LogP contribution in [0.1, 0.15) is 25.7 Å². The van der Waals surface area contributed by atoms with Crippen molar-refractivity contribution >= 4 is 16.0 Å². The highest BCUT2D eigenvalue weighted by molar-refractivity contribution is 7.88. The summed E-state index contributed by atoms with van der Waals surface area (Å²) in [6.45, 7) is 6.05. The summed E-state index contributed by atoms with van der Waals surface area (Å²) in [5.74, 6) is 1.34. The summed E-state index contributed by atoms with van der Waals surface area (Å²) in [6, 6.07) is 0.451. The molecule has 0 aromatic heterocycles. The number of hydrogen-bond donors (Lipinski definition) is 2. The highest BCUT2D eigenvalue weighted by atomic mass is 32.2. The number of likely N-dealkylation sites (tertiary alicyclic amines) is 1. The fraction of sp³-hybridized carbons (Fsp3) is 0.941. The van der Waals surface area contributed by atoms with Crippen molar-refractivity contribution in [3.8, 4) is 0 Å². The molecule has 2 fully saturated rings. The number of nitrogens with one attached hydrogen (secondary N) is 2. The van der Waals surface area contributed by atoms with Crippen LogP contribution in [0.2, 0.25) is 0 Å². The van der Waals surface area contributed by atoms with Crippen molar-refractivity contribution in [2.75, 3.05) is 66.3 Å². The predicted molar refractivity (Wildman–Crippen MR) is 105 cm³/mol. The zero-order valence-corrected chi connectivity index (χ0v) is 17.2. The summed E-state index contributed by atoms with van der Waals surface area (Å²) in [6.07, 6.45) is 5.30. The average Bonchev–Trinajstić information content (AvgIpc) is 2.64. The molecular formula is C17H35N5O3S. The third-order valence-corrected chi connectivity index (χ3v) is 6.67. The van der Waals surface area contributed by atoms with Gasteiger partial charge in [0.25, 0.3) is 0 Å². The summed E-state index contributed by atoms with van der Waals surface area (Å²) in [5.41, 5.74) is 0. The van der Waals surface area contributed by atoms with Crippen LogP contribution in [0, 0.1) is 5.92 Å². The van der Waals surface area contributed by atoms with Gasteiger partial charge in [-0.15, -0.1) is 0 Å². The van der Waals surface area contributed by atoms with Crippen molar-refractivity contribution in [1.29, 1.82) is 0 Å². The zero-order chi connectivity index (χ0) is 19.0. The van der Waals surface area contributed by atoms with Gasteiger partial charge in [0, 0.05) is 59.5 Å². The first-order chi connectivity index (χ1) is 12.4. The van der Waals surface area contributed by atoms with E-state index in [2.05, 4.69) is 20.5 Å². The fourth-order valence-electron chi connectivity index (χ4n) is 3.60. The monoisotopic (exact) mass is 389 g/mol. The van der Waals surface area contributed by atoms with Crippen molar-refractivity contribution in [3.63, 3.8) is 0 Å². The van der Waals surface area contributed by atoms with E-state index in [1.54, 1.807) is 18.5 Å². The lowest BCUT2D eigenvalue weighted by molar-refractivity contribution is 0.128. The van der Waals surface area contributed by atoms with Crippen molar-refractivity contribution < 1.29 is 13.2 Å². The second-order valence-corrected chi connectivity index (χ2v) is 9.29. The van der Waals surface area contributed by atoms with Gasteiger partial charge in [-0.1, -0.05) is 0 Å². The molecular weight excluding hydrogens is 354 g/mol. The Bertz CT molecular complexity index is 539. The van der Waals surface area contributed by atoms with Gasteiger partial charge in [0.2, 0.25) is 10.0 Å². The summed E-state index contributed by atoms with van der Waals surface area (Å²) in [4.78, 5) is 6.78. The molecule has 0 aliphatic carbocycles. The Balaban J connectivity index is 1.66. The lowest BCUT2D eigenvalue weighted by atomic mass is 9.98. The normalized spacial score (nSPS) is 22.5. The first-order valence-corrected chi connectivity index (χ1v) is 11.4. The van der Waals surface area contributed by atoms with Crippen molar-refractivity contribution in [2.24, 2.45) is 10.9 Å². The van der Waals surface area contributed by atoms with E-state index >= 15 is 0 Å². The van der Waals surface area contributed by atoms with Gasteiger partial charge in [-0.2, -0.15) is 0 Å². The second-order valence-electron chi connectivity index (χ2n) is 7.31.